The average Bonchev–Trinajstić information content (AvgIpc) is 2.81. The molecule has 0 aromatic heterocycles. The van der Waals surface area contributed by atoms with Crippen LogP contribution in [-0.4, -0.2) is 57.3 Å². The molecule has 1 heterocycles. The van der Waals surface area contributed by atoms with E-state index in [1.165, 1.54) is 7.11 Å². The Morgan fingerprint density at radius 1 is 1.06 bits per heavy atom. The van der Waals surface area contributed by atoms with Crippen LogP contribution >= 0.6 is 0 Å². The van der Waals surface area contributed by atoms with E-state index in [9.17, 15) is 13.2 Å². The topological polar surface area (TPSA) is 130 Å². The minimum atomic E-state index is -4.64. The predicted molar refractivity (Wildman–Crippen MR) is 116 cm³/mol. The number of alkyl carbamates (subject to hydrolysis) is 1. The van der Waals surface area contributed by atoms with Crippen molar-refractivity contribution in [1.29, 1.82) is 0 Å². The molecule has 180 valence electrons. The molecule has 1 aliphatic rings. The van der Waals surface area contributed by atoms with E-state index in [1.54, 1.807) is 0 Å². The molecule has 0 aliphatic carbocycles. The third-order valence-corrected chi connectivity index (χ3v) is 5.39. The van der Waals surface area contributed by atoms with Crippen LogP contribution in [0.2, 0.25) is 0 Å². The highest BCUT2D eigenvalue weighted by molar-refractivity contribution is 7.80. The van der Waals surface area contributed by atoms with Gasteiger partial charge in [-0.25, -0.2) is 8.98 Å². The van der Waals surface area contributed by atoms with Gasteiger partial charge in [0.05, 0.1) is 25.4 Å². The summed E-state index contributed by atoms with van der Waals surface area (Å²) in [5, 5.41) is 2.72. The van der Waals surface area contributed by atoms with E-state index in [0.717, 1.165) is 11.1 Å². The standard InChI is InChI=1S/C22H27NO9S/c1-28-21-20(23-22(24)30-14-17-10-6-3-7-11-17)19(29-13-16-8-4-2-5-9-16)12-18(32-21)15-31-33(25,26)27/h2-11,18-21H,12-15H2,1H3,(H,23,24)(H,25,26,27)/t18?,19-,20?,21+/m1/s1. The van der Waals surface area contributed by atoms with Gasteiger partial charge in [-0.1, -0.05) is 60.7 Å². The molecule has 1 amide bonds. The van der Waals surface area contributed by atoms with Gasteiger partial charge >= 0.3 is 16.5 Å². The fourth-order valence-electron chi connectivity index (χ4n) is 3.39. The van der Waals surface area contributed by atoms with E-state index in [4.69, 9.17) is 23.5 Å². The Morgan fingerprint density at radius 2 is 1.67 bits per heavy atom. The van der Waals surface area contributed by atoms with Crippen LogP contribution in [0.15, 0.2) is 60.7 Å². The zero-order chi connectivity index (χ0) is 23.7. The largest absolute Gasteiger partial charge is 0.445 e. The molecule has 4 atom stereocenters. The Bertz CT molecular complexity index is 972. The van der Waals surface area contributed by atoms with Crippen LogP contribution in [-0.2, 0) is 46.7 Å². The summed E-state index contributed by atoms with van der Waals surface area (Å²) < 4.78 is 57.7. The van der Waals surface area contributed by atoms with E-state index in [1.807, 2.05) is 60.7 Å². The second-order valence-electron chi connectivity index (χ2n) is 7.38. The van der Waals surface area contributed by atoms with Crippen LogP contribution in [0.25, 0.3) is 0 Å². The summed E-state index contributed by atoms with van der Waals surface area (Å²) in [5.41, 5.74) is 1.74. The zero-order valence-corrected chi connectivity index (χ0v) is 18.8. The first-order chi connectivity index (χ1) is 15.8. The molecule has 3 rings (SSSR count). The molecule has 11 heteroatoms. The molecule has 0 spiro atoms. The number of ether oxygens (including phenoxy) is 4. The fraction of sp³-hybridized carbons (Fsp3) is 0.409. The van der Waals surface area contributed by atoms with E-state index in [-0.39, 0.29) is 19.6 Å². The molecular weight excluding hydrogens is 454 g/mol. The molecule has 10 nitrogen and oxygen atoms in total. The summed E-state index contributed by atoms with van der Waals surface area (Å²) in [7, 11) is -3.25. The van der Waals surface area contributed by atoms with E-state index >= 15 is 0 Å². The van der Waals surface area contributed by atoms with Gasteiger partial charge in [0.15, 0.2) is 6.29 Å². The maximum Gasteiger partial charge on any atom is 0.407 e. The molecule has 33 heavy (non-hydrogen) atoms. The smallest absolute Gasteiger partial charge is 0.407 e. The first-order valence-electron chi connectivity index (χ1n) is 10.3. The molecule has 2 N–H and O–H groups in total. The van der Waals surface area contributed by atoms with Gasteiger partial charge in [-0.05, 0) is 11.1 Å². The number of methoxy groups -OCH3 is 1. The number of hydrogen-bond donors (Lipinski definition) is 2. The summed E-state index contributed by atoms with van der Waals surface area (Å²) in [4.78, 5) is 12.5. The van der Waals surface area contributed by atoms with Crippen molar-refractivity contribution in [3.8, 4) is 0 Å². The number of hydrogen-bond acceptors (Lipinski definition) is 8. The lowest BCUT2D eigenvalue weighted by molar-refractivity contribution is -0.232. The van der Waals surface area contributed by atoms with Crippen molar-refractivity contribution in [2.24, 2.45) is 0 Å². The summed E-state index contributed by atoms with van der Waals surface area (Å²) in [6, 6.07) is 17.9. The van der Waals surface area contributed by atoms with Crippen molar-refractivity contribution in [3.05, 3.63) is 71.8 Å². The highest BCUT2D eigenvalue weighted by Crippen LogP contribution is 2.25. The average molecular weight is 482 g/mol. The van der Waals surface area contributed by atoms with Crippen molar-refractivity contribution in [3.63, 3.8) is 0 Å². The molecule has 1 saturated heterocycles. The summed E-state index contributed by atoms with van der Waals surface area (Å²) in [6.07, 6.45) is -2.88. The molecule has 1 fully saturated rings. The van der Waals surface area contributed by atoms with Crippen LogP contribution in [0.1, 0.15) is 17.5 Å². The molecule has 0 radical (unpaired) electrons. The van der Waals surface area contributed by atoms with Gasteiger partial charge in [-0.2, -0.15) is 8.42 Å². The van der Waals surface area contributed by atoms with Crippen LogP contribution in [0.3, 0.4) is 0 Å². The minimum Gasteiger partial charge on any atom is -0.445 e. The first-order valence-corrected chi connectivity index (χ1v) is 11.6. The van der Waals surface area contributed by atoms with Crippen LogP contribution in [0.4, 0.5) is 4.79 Å². The monoisotopic (exact) mass is 481 g/mol. The third-order valence-electron chi connectivity index (χ3n) is 4.95. The Labute approximate surface area is 192 Å². The normalized spacial score (nSPS) is 23.1. The fourth-order valence-corrected chi connectivity index (χ4v) is 3.72. The van der Waals surface area contributed by atoms with Gasteiger partial charge in [0, 0.05) is 13.5 Å². The van der Waals surface area contributed by atoms with Crippen LogP contribution in [0.5, 0.6) is 0 Å². The van der Waals surface area contributed by atoms with Crippen molar-refractivity contribution >= 4 is 16.5 Å². The van der Waals surface area contributed by atoms with Gasteiger partial charge in [0.1, 0.15) is 12.6 Å². The summed E-state index contributed by atoms with van der Waals surface area (Å²) in [5.74, 6) is 0. The zero-order valence-electron chi connectivity index (χ0n) is 18.0. The van der Waals surface area contributed by atoms with Crippen molar-refractivity contribution in [2.75, 3.05) is 13.7 Å². The van der Waals surface area contributed by atoms with E-state index in [2.05, 4.69) is 9.50 Å². The van der Waals surface area contributed by atoms with E-state index < -0.39 is 47.6 Å². The van der Waals surface area contributed by atoms with Gasteiger partial charge in [-0.15, -0.1) is 0 Å². The maximum atomic E-state index is 12.5. The summed E-state index contributed by atoms with van der Waals surface area (Å²) >= 11 is 0. The lowest BCUT2D eigenvalue weighted by atomic mass is 10.00. The Morgan fingerprint density at radius 3 is 2.24 bits per heavy atom. The highest BCUT2D eigenvalue weighted by Gasteiger charge is 2.41. The quantitative estimate of drug-likeness (QED) is 0.492. The van der Waals surface area contributed by atoms with Crippen molar-refractivity contribution < 1.29 is 40.9 Å². The Balaban J connectivity index is 1.67. The molecular formula is C22H27NO9S. The Kier molecular flexibility index (Phi) is 9.18. The molecule has 2 aromatic rings. The molecule has 0 saturated carbocycles. The number of carbonyl (C=O) groups excluding carboxylic acids is 1. The van der Waals surface area contributed by atoms with E-state index in [0.29, 0.717) is 0 Å². The first kappa shape index (κ1) is 25.1. The van der Waals surface area contributed by atoms with Crippen molar-refractivity contribution in [2.45, 2.75) is 44.2 Å². The number of nitrogens with one attached hydrogen (secondary N) is 1. The second-order valence-corrected chi connectivity index (χ2v) is 8.47. The van der Waals surface area contributed by atoms with Gasteiger partial charge < -0.3 is 24.3 Å². The number of amides is 1. The second kappa shape index (κ2) is 12.1. The van der Waals surface area contributed by atoms with Crippen LogP contribution in [0, 0.1) is 0 Å². The molecule has 0 bridgehead atoms. The molecule has 1 aliphatic heterocycles. The number of carbonyl (C=O) groups is 1. The summed E-state index contributed by atoms with van der Waals surface area (Å²) in [6.45, 7) is -0.113. The molecule has 2 aromatic carbocycles. The minimum absolute atomic E-state index is 0.0816. The van der Waals surface area contributed by atoms with Gasteiger partial charge in [-0.3, -0.25) is 4.55 Å². The SMILES string of the molecule is CO[C@H]1OC(COS(=O)(=O)O)C[C@@H](OCc2ccccc2)C1NC(=O)OCc1ccccc1. The lowest BCUT2D eigenvalue weighted by Crippen LogP contribution is -2.59. The van der Waals surface area contributed by atoms with Gasteiger partial charge in [0.25, 0.3) is 0 Å². The van der Waals surface area contributed by atoms with Gasteiger partial charge in [0.2, 0.25) is 0 Å². The highest BCUT2D eigenvalue weighted by atomic mass is 32.3. The molecule has 2 unspecified atom stereocenters. The number of benzene rings is 2. The lowest BCUT2D eigenvalue weighted by Gasteiger charge is -2.40. The Hall–Kier alpha value is -2.54. The van der Waals surface area contributed by atoms with Crippen LogP contribution < -0.4 is 5.32 Å². The predicted octanol–water partition coefficient (Wildman–Crippen LogP) is 2.45. The number of rotatable bonds is 10. The van der Waals surface area contributed by atoms with Crippen molar-refractivity contribution in [1.82, 2.24) is 5.32 Å². The maximum absolute atomic E-state index is 12.5. The third kappa shape index (κ3) is 8.39.